The van der Waals surface area contributed by atoms with Gasteiger partial charge < -0.3 is 5.32 Å². The highest BCUT2D eigenvalue weighted by Crippen LogP contribution is 2.38. The summed E-state index contributed by atoms with van der Waals surface area (Å²) >= 11 is 12.4. The van der Waals surface area contributed by atoms with Crippen LogP contribution in [0.2, 0.25) is 10.0 Å². The zero-order valence-corrected chi connectivity index (χ0v) is 16.3. The smallest absolute Gasteiger partial charge is 0.248 e. The van der Waals surface area contributed by atoms with Crippen molar-refractivity contribution >= 4 is 29.2 Å². The molecule has 144 valence electrons. The minimum atomic E-state index is 0.380. The van der Waals surface area contributed by atoms with Gasteiger partial charge in [0.2, 0.25) is 5.95 Å². The Morgan fingerprint density at radius 1 is 1.18 bits per heavy atom. The second-order valence-corrected chi connectivity index (χ2v) is 7.68. The number of hydrogen-bond acceptors (Lipinski definition) is 7. The molecular weight excluding hydrogens is 401 g/mol. The molecule has 8 nitrogen and oxygen atoms in total. The quantitative estimate of drug-likeness (QED) is 0.683. The van der Waals surface area contributed by atoms with E-state index in [0.29, 0.717) is 40.1 Å². The Balaban J connectivity index is 1.39. The van der Waals surface area contributed by atoms with Gasteiger partial charge in [-0.1, -0.05) is 40.4 Å². The number of nitrogens with one attached hydrogen (secondary N) is 1. The number of fused-ring (bicyclic) bond motifs is 2. The Kier molecular flexibility index (Phi) is 4.64. The number of halogens is 2. The van der Waals surface area contributed by atoms with Crippen LogP contribution in [0.25, 0.3) is 5.69 Å². The molecule has 3 unspecified atom stereocenters. The van der Waals surface area contributed by atoms with Crippen molar-refractivity contribution in [3.63, 3.8) is 0 Å². The molecule has 2 saturated heterocycles. The molecule has 2 fully saturated rings. The zero-order valence-electron chi connectivity index (χ0n) is 14.8. The van der Waals surface area contributed by atoms with Crippen molar-refractivity contribution in [2.45, 2.75) is 12.5 Å². The summed E-state index contributed by atoms with van der Waals surface area (Å²) in [4.78, 5) is 10.3. The molecule has 1 aromatic carbocycles. The first-order valence-corrected chi connectivity index (χ1v) is 9.74. The van der Waals surface area contributed by atoms with Crippen LogP contribution in [0.5, 0.6) is 0 Å². The van der Waals surface area contributed by atoms with Crippen molar-refractivity contribution < 1.29 is 4.84 Å². The first kappa shape index (κ1) is 17.8. The van der Waals surface area contributed by atoms with E-state index < -0.39 is 0 Å². The van der Waals surface area contributed by atoms with E-state index in [9.17, 15) is 0 Å². The van der Waals surface area contributed by atoms with E-state index in [2.05, 4.69) is 31.9 Å². The summed E-state index contributed by atoms with van der Waals surface area (Å²) in [5.41, 5.74) is 2.84. The molecule has 3 aromatic rings. The molecule has 2 aliphatic rings. The van der Waals surface area contributed by atoms with Gasteiger partial charge in [-0.2, -0.15) is 9.75 Å². The van der Waals surface area contributed by atoms with E-state index >= 15 is 0 Å². The SMILES string of the molecule is Clc1cccc(-n2nnnc2NCc2cccnc2C2CN3CC2CO3)c1Cl. The van der Waals surface area contributed by atoms with Crippen molar-refractivity contribution in [1.29, 1.82) is 0 Å². The molecule has 2 aromatic heterocycles. The standard InChI is InChI=1S/C18H17Cl2N7O/c19-14-4-1-5-15(16(14)20)27-18(23-24-25-27)22-7-11-3-2-6-21-17(11)13-9-26-8-12(13)10-28-26/h1-6,12-13H,7-10H2,(H,22,23,25). The number of tetrazole rings is 1. The second kappa shape index (κ2) is 7.29. The average molecular weight is 418 g/mol. The normalized spacial score (nSPS) is 23.3. The minimum absolute atomic E-state index is 0.380. The van der Waals surface area contributed by atoms with Crippen LogP contribution >= 0.6 is 23.2 Å². The fourth-order valence-corrected chi connectivity index (χ4v) is 4.22. The monoisotopic (exact) mass is 417 g/mol. The number of hydroxylamine groups is 2. The maximum absolute atomic E-state index is 6.32. The number of hydrogen-bond donors (Lipinski definition) is 1. The first-order chi connectivity index (χ1) is 13.7. The fourth-order valence-electron chi connectivity index (χ4n) is 3.84. The Bertz CT molecular complexity index is 1010. The molecule has 0 saturated carbocycles. The largest absolute Gasteiger partial charge is 0.349 e. The highest BCUT2D eigenvalue weighted by atomic mass is 35.5. The highest BCUT2D eigenvalue weighted by molar-refractivity contribution is 6.43. The molecule has 0 spiro atoms. The fraction of sp³-hybridized carbons (Fsp3) is 0.333. The molecule has 1 N–H and O–H groups in total. The van der Waals surface area contributed by atoms with Crippen LogP contribution < -0.4 is 5.32 Å². The highest BCUT2D eigenvalue weighted by Gasteiger charge is 2.41. The van der Waals surface area contributed by atoms with Crippen molar-refractivity contribution in [3.8, 4) is 5.69 Å². The molecule has 5 rings (SSSR count). The van der Waals surface area contributed by atoms with Gasteiger partial charge >= 0.3 is 0 Å². The second-order valence-electron chi connectivity index (χ2n) is 6.90. The van der Waals surface area contributed by atoms with Crippen molar-refractivity contribution in [2.24, 2.45) is 5.92 Å². The predicted molar refractivity (Wildman–Crippen MR) is 104 cm³/mol. The van der Waals surface area contributed by atoms with Gasteiger partial charge in [0.15, 0.2) is 0 Å². The molecule has 2 bridgehead atoms. The maximum Gasteiger partial charge on any atom is 0.248 e. The molecule has 2 aliphatic heterocycles. The first-order valence-electron chi connectivity index (χ1n) is 8.99. The third-order valence-corrected chi connectivity index (χ3v) is 6.03. The van der Waals surface area contributed by atoms with Gasteiger partial charge in [0.1, 0.15) is 0 Å². The molecule has 0 radical (unpaired) electrons. The van der Waals surface area contributed by atoms with Crippen LogP contribution in [0.4, 0.5) is 5.95 Å². The summed E-state index contributed by atoms with van der Waals surface area (Å²) in [6, 6.07) is 9.37. The summed E-state index contributed by atoms with van der Waals surface area (Å²) in [7, 11) is 0. The molecule has 10 heteroatoms. The Morgan fingerprint density at radius 2 is 2.11 bits per heavy atom. The maximum atomic E-state index is 6.32. The van der Waals surface area contributed by atoms with Gasteiger partial charge in [-0.05, 0) is 34.2 Å². The number of pyridine rings is 1. The van der Waals surface area contributed by atoms with E-state index in [-0.39, 0.29) is 0 Å². The van der Waals surface area contributed by atoms with Crippen LogP contribution in [0.15, 0.2) is 36.5 Å². The van der Waals surface area contributed by atoms with Gasteiger partial charge in [-0.25, -0.2) is 0 Å². The molecule has 28 heavy (non-hydrogen) atoms. The van der Waals surface area contributed by atoms with Crippen LogP contribution in [0.3, 0.4) is 0 Å². The number of rotatable bonds is 5. The molecule has 3 atom stereocenters. The van der Waals surface area contributed by atoms with Gasteiger partial charge in [0.05, 0.1) is 28.0 Å². The number of aromatic nitrogens is 5. The van der Waals surface area contributed by atoms with Gasteiger partial charge in [0.25, 0.3) is 0 Å². The Labute approximate surface area is 171 Å². The van der Waals surface area contributed by atoms with Gasteiger partial charge in [0, 0.05) is 37.7 Å². The van der Waals surface area contributed by atoms with E-state index in [1.54, 1.807) is 16.8 Å². The van der Waals surface area contributed by atoms with Crippen molar-refractivity contribution in [2.75, 3.05) is 25.0 Å². The summed E-state index contributed by atoms with van der Waals surface area (Å²) in [6.07, 6.45) is 1.84. The van der Waals surface area contributed by atoms with Crippen LogP contribution in [-0.2, 0) is 11.4 Å². The summed E-state index contributed by atoms with van der Waals surface area (Å²) in [5.74, 6) is 1.35. The lowest BCUT2D eigenvalue weighted by Crippen LogP contribution is -2.25. The summed E-state index contributed by atoms with van der Waals surface area (Å²) in [5, 5.41) is 18.1. The number of nitrogens with zero attached hydrogens (tertiary/aromatic N) is 6. The van der Waals surface area contributed by atoms with Crippen LogP contribution in [0, 0.1) is 5.92 Å². The lowest BCUT2D eigenvalue weighted by atomic mass is 9.90. The Hall–Kier alpha value is -2.26. The lowest BCUT2D eigenvalue weighted by Gasteiger charge is -2.23. The topological polar surface area (TPSA) is 81.0 Å². The van der Waals surface area contributed by atoms with Crippen LogP contribution in [0.1, 0.15) is 17.2 Å². The summed E-state index contributed by atoms with van der Waals surface area (Å²) < 4.78 is 1.54. The molecular formula is C18H17Cl2N7O. The predicted octanol–water partition coefficient (Wildman–Crippen LogP) is 2.94. The van der Waals surface area contributed by atoms with E-state index in [4.69, 9.17) is 28.0 Å². The lowest BCUT2D eigenvalue weighted by molar-refractivity contribution is -0.121. The van der Waals surface area contributed by atoms with Gasteiger partial charge in [-0.15, -0.1) is 0 Å². The Morgan fingerprint density at radius 3 is 2.93 bits per heavy atom. The number of anilines is 1. The minimum Gasteiger partial charge on any atom is -0.349 e. The third kappa shape index (κ3) is 3.12. The average Bonchev–Trinajstić information content (AvgIpc) is 3.46. The third-order valence-electron chi connectivity index (χ3n) is 5.22. The van der Waals surface area contributed by atoms with Crippen LogP contribution in [-0.4, -0.2) is 50.0 Å². The van der Waals surface area contributed by atoms with E-state index in [0.717, 1.165) is 31.0 Å². The van der Waals surface area contributed by atoms with Gasteiger partial charge in [-0.3, -0.25) is 9.82 Å². The number of benzene rings is 1. The van der Waals surface area contributed by atoms with E-state index in [1.807, 2.05) is 23.4 Å². The molecule has 0 amide bonds. The zero-order chi connectivity index (χ0) is 19.1. The van der Waals surface area contributed by atoms with Crippen molar-refractivity contribution in [3.05, 3.63) is 57.8 Å². The summed E-state index contributed by atoms with van der Waals surface area (Å²) in [6.45, 7) is 3.16. The molecule has 4 heterocycles. The van der Waals surface area contributed by atoms with Crippen molar-refractivity contribution in [1.82, 2.24) is 30.3 Å². The van der Waals surface area contributed by atoms with E-state index in [1.165, 1.54) is 0 Å². The molecule has 0 aliphatic carbocycles.